The smallest absolute Gasteiger partial charge is 0.269 e. The van der Waals surface area contributed by atoms with Gasteiger partial charge in [-0.2, -0.15) is 0 Å². The molecule has 1 aromatic carbocycles. The van der Waals surface area contributed by atoms with Gasteiger partial charge in [-0.3, -0.25) is 10.1 Å². The van der Waals surface area contributed by atoms with Gasteiger partial charge in [0, 0.05) is 24.2 Å². The molecule has 0 aliphatic carbocycles. The van der Waals surface area contributed by atoms with E-state index in [0.29, 0.717) is 12.3 Å². The molecule has 0 bridgehead atoms. The molecule has 0 aromatic heterocycles. The van der Waals surface area contributed by atoms with Gasteiger partial charge in [0.1, 0.15) is 18.5 Å². The number of ether oxygens (including phenoxy) is 1. The maximum Gasteiger partial charge on any atom is 0.269 e. The number of nitro benzene ring substituents is 1. The molecule has 0 aliphatic heterocycles. The van der Waals surface area contributed by atoms with Crippen LogP contribution >= 0.6 is 12.4 Å². The van der Waals surface area contributed by atoms with Crippen LogP contribution in [0, 0.1) is 10.1 Å². The van der Waals surface area contributed by atoms with Crippen LogP contribution in [0.25, 0.3) is 0 Å². The summed E-state index contributed by atoms with van der Waals surface area (Å²) in [6.45, 7) is 6.60. The number of aliphatic hydroxyl groups is 1. The molecule has 2 N–H and O–H groups in total. The number of hydrogen-bond donors (Lipinski definition) is 2. The molecule has 6 nitrogen and oxygen atoms in total. The van der Waals surface area contributed by atoms with Crippen LogP contribution in [-0.2, 0) is 0 Å². The molecule has 7 heteroatoms. The quantitative estimate of drug-likeness (QED) is 0.621. The first kappa shape index (κ1) is 18.6. The first-order valence-corrected chi connectivity index (χ1v) is 6.08. The Labute approximate surface area is 124 Å². The third-order valence-electron chi connectivity index (χ3n) is 2.36. The summed E-state index contributed by atoms with van der Waals surface area (Å²) in [7, 11) is 0. The van der Waals surface area contributed by atoms with Crippen LogP contribution in [0.15, 0.2) is 24.3 Å². The van der Waals surface area contributed by atoms with E-state index in [-0.39, 0.29) is 30.2 Å². The van der Waals surface area contributed by atoms with E-state index < -0.39 is 11.0 Å². The normalized spacial score (nSPS) is 12.4. The Hall–Kier alpha value is -1.37. The Balaban J connectivity index is 0.00000361. The standard InChI is InChI=1S/C13H20N2O4.ClH/c1-13(2,3)14-8-11(16)9-19-12-6-4-10(5-7-12)15(17)18;/h4-7,11,14,16H,8-9H2,1-3H3;1H/t11-;/m0./s1. The highest BCUT2D eigenvalue weighted by Crippen LogP contribution is 2.17. The maximum atomic E-state index is 10.5. The van der Waals surface area contributed by atoms with Crippen molar-refractivity contribution in [2.24, 2.45) is 0 Å². The van der Waals surface area contributed by atoms with Crippen molar-refractivity contribution in [3.63, 3.8) is 0 Å². The van der Waals surface area contributed by atoms with Crippen molar-refractivity contribution in [2.45, 2.75) is 32.4 Å². The van der Waals surface area contributed by atoms with Gasteiger partial charge in [0.2, 0.25) is 0 Å². The van der Waals surface area contributed by atoms with E-state index in [2.05, 4.69) is 5.32 Å². The molecule has 0 aliphatic rings. The van der Waals surface area contributed by atoms with Gasteiger partial charge in [0.25, 0.3) is 5.69 Å². The molecule has 0 radical (unpaired) electrons. The molecule has 0 unspecified atom stereocenters. The van der Waals surface area contributed by atoms with E-state index in [1.165, 1.54) is 24.3 Å². The van der Waals surface area contributed by atoms with Crippen LogP contribution in [-0.4, -0.2) is 34.8 Å². The Morgan fingerprint density at radius 2 is 1.90 bits per heavy atom. The molecule has 1 rings (SSSR count). The van der Waals surface area contributed by atoms with Crippen LogP contribution in [0.1, 0.15) is 20.8 Å². The fourth-order valence-electron chi connectivity index (χ4n) is 1.34. The Morgan fingerprint density at radius 3 is 2.35 bits per heavy atom. The minimum Gasteiger partial charge on any atom is -0.491 e. The fraction of sp³-hybridized carbons (Fsp3) is 0.538. The summed E-state index contributed by atoms with van der Waals surface area (Å²) in [5, 5.41) is 23.4. The van der Waals surface area contributed by atoms with Gasteiger partial charge in [-0.1, -0.05) is 0 Å². The molecule has 0 saturated heterocycles. The van der Waals surface area contributed by atoms with Gasteiger partial charge in [-0.05, 0) is 32.9 Å². The average molecular weight is 305 g/mol. The number of nitrogens with zero attached hydrogens (tertiary/aromatic N) is 1. The lowest BCUT2D eigenvalue weighted by atomic mass is 10.1. The molecule has 20 heavy (non-hydrogen) atoms. The predicted molar refractivity (Wildman–Crippen MR) is 79.6 cm³/mol. The summed E-state index contributed by atoms with van der Waals surface area (Å²) in [5.41, 5.74) is -0.0452. The largest absolute Gasteiger partial charge is 0.491 e. The zero-order valence-electron chi connectivity index (χ0n) is 11.8. The average Bonchev–Trinajstić information content (AvgIpc) is 2.33. The molecule has 114 valence electrons. The first-order chi connectivity index (χ1) is 8.78. The molecular formula is C13H21ClN2O4. The van der Waals surface area contributed by atoms with E-state index in [0.717, 1.165) is 0 Å². The van der Waals surface area contributed by atoms with E-state index in [1.807, 2.05) is 20.8 Å². The van der Waals surface area contributed by atoms with Crippen molar-refractivity contribution in [3.05, 3.63) is 34.4 Å². The van der Waals surface area contributed by atoms with Crippen LogP contribution in [0.4, 0.5) is 5.69 Å². The minimum absolute atomic E-state index is 0. The highest BCUT2D eigenvalue weighted by molar-refractivity contribution is 5.85. The minimum atomic E-state index is -0.630. The monoisotopic (exact) mass is 304 g/mol. The SMILES string of the molecule is CC(C)(C)NC[C@H](O)COc1ccc([N+](=O)[O-])cc1.Cl. The van der Waals surface area contributed by atoms with Crippen molar-refractivity contribution in [1.82, 2.24) is 5.32 Å². The number of halogens is 1. The Kier molecular flexibility index (Phi) is 7.49. The van der Waals surface area contributed by atoms with Crippen LogP contribution in [0.2, 0.25) is 0 Å². The highest BCUT2D eigenvalue weighted by atomic mass is 35.5. The zero-order valence-corrected chi connectivity index (χ0v) is 12.6. The maximum absolute atomic E-state index is 10.5. The van der Waals surface area contributed by atoms with Gasteiger partial charge >= 0.3 is 0 Å². The lowest BCUT2D eigenvalue weighted by Crippen LogP contribution is -2.42. The molecule has 0 heterocycles. The van der Waals surface area contributed by atoms with E-state index >= 15 is 0 Å². The lowest BCUT2D eigenvalue weighted by molar-refractivity contribution is -0.384. The first-order valence-electron chi connectivity index (χ1n) is 6.08. The Morgan fingerprint density at radius 1 is 1.35 bits per heavy atom. The van der Waals surface area contributed by atoms with Gasteiger partial charge in [0.15, 0.2) is 0 Å². The number of benzene rings is 1. The van der Waals surface area contributed by atoms with Crippen LogP contribution in [0.3, 0.4) is 0 Å². The number of aliphatic hydroxyl groups excluding tert-OH is 1. The molecule has 1 aromatic rings. The van der Waals surface area contributed by atoms with E-state index in [4.69, 9.17) is 4.74 Å². The summed E-state index contributed by atoms with van der Waals surface area (Å²) < 4.78 is 5.36. The van der Waals surface area contributed by atoms with E-state index in [9.17, 15) is 15.2 Å². The Bertz CT molecular complexity index is 417. The van der Waals surface area contributed by atoms with Crippen molar-refractivity contribution >= 4 is 18.1 Å². The second kappa shape index (κ2) is 8.04. The second-order valence-corrected chi connectivity index (χ2v) is 5.35. The van der Waals surface area contributed by atoms with E-state index in [1.54, 1.807) is 0 Å². The fourth-order valence-corrected chi connectivity index (χ4v) is 1.34. The van der Waals surface area contributed by atoms with Crippen LogP contribution < -0.4 is 10.1 Å². The number of nitrogens with one attached hydrogen (secondary N) is 1. The number of non-ortho nitro benzene ring substituents is 1. The van der Waals surface area contributed by atoms with Gasteiger partial charge in [-0.25, -0.2) is 0 Å². The van der Waals surface area contributed by atoms with Crippen molar-refractivity contribution in [3.8, 4) is 5.75 Å². The van der Waals surface area contributed by atoms with Crippen molar-refractivity contribution < 1.29 is 14.8 Å². The molecular weight excluding hydrogens is 284 g/mol. The summed E-state index contributed by atoms with van der Waals surface area (Å²) >= 11 is 0. The number of nitro groups is 1. The summed E-state index contributed by atoms with van der Waals surface area (Å²) in [5.74, 6) is 0.500. The second-order valence-electron chi connectivity index (χ2n) is 5.35. The molecule has 0 saturated carbocycles. The highest BCUT2D eigenvalue weighted by Gasteiger charge is 2.12. The van der Waals surface area contributed by atoms with Crippen molar-refractivity contribution in [1.29, 1.82) is 0 Å². The summed E-state index contributed by atoms with van der Waals surface area (Å²) in [6.07, 6.45) is -0.630. The third kappa shape index (κ3) is 7.28. The number of rotatable bonds is 6. The number of hydrogen-bond acceptors (Lipinski definition) is 5. The topological polar surface area (TPSA) is 84.6 Å². The zero-order chi connectivity index (χ0) is 14.5. The summed E-state index contributed by atoms with van der Waals surface area (Å²) in [6, 6.07) is 5.77. The van der Waals surface area contributed by atoms with Crippen molar-refractivity contribution in [2.75, 3.05) is 13.2 Å². The summed E-state index contributed by atoms with van der Waals surface area (Å²) in [4.78, 5) is 10.0. The third-order valence-corrected chi connectivity index (χ3v) is 2.36. The van der Waals surface area contributed by atoms with Gasteiger partial charge in [-0.15, -0.1) is 12.4 Å². The number of β-amino-alcohol motifs (C(OH)–C–C–N with tert-alkyl or cyclic N) is 1. The van der Waals surface area contributed by atoms with Crippen LogP contribution in [0.5, 0.6) is 5.75 Å². The predicted octanol–water partition coefficient (Wildman–Crippen LogP) is 2.14. The lowest BCUT2D eigenvalue weighted by Gasteiger charge is -2.22. The van der Waals surface area contributed by atoms with Gasteiger partial charge in [0.05, 0.1) is 4.92 Å². The molecule has 0 fully saturated rings. The molecule has 1 atom stereocenters. The molecule has 0 spiro atoms. The molecule has 0 amide bonds. The van der Waals surface area contributed by atoms with Gasteiger partial charge < -0.3 is 15.2 Å².